The van der Waals surface area contributed by atoms with Crippen molar-refractivity contribution in [2.24, 2.45) is 5.10 Å². The molecule has 2 rings (SSSR count). The number of hydrazone groups is 1. The summed E-state index contributed by atoms with van der Waals surface area (Å²) in [4.78, 5) is 0. The molecule has 17 heavy (non-hydrogen) atoms. The number of nitrogens with one attached hydrogen (secondary N) is 2. The monoisotopic (exact) mass is 247 g/mol. The van der Waals surface area contributed by atoms with Crippen molar-refractivity contribution in [2.45, 2.75) is 32.6 Å². The van der Waals surface area contributed by atoms with Gasteiger partial charge in [0.15, 0.2) is 5.11 Å². The van der Waals surface area contributed by atoms with Crippen LogP contribution in [0.15, 0.2) is 29.4 Å². The molecule has 1 aromatic rings. The number of hydrogen-bond donors (Lipinski definition) is 2. The summed E-state index contributed by atoms with van der Waals surface area (Å²) in [7, 11) is 0. The Balaban J connectivity index is 1.84. The average Bonchev–Trinajstić information content (AvgIpc) is 2.83. The highest BCUT2D eigenvalue weighted by Crippen LogP contribution is 2.14. The first-order valence-electron chi connectivity index (χ1n) is 5.93. The molecule has 1 fully saturated rings. The van der Waals surface area contributed by atoms with Crippen molar-refractivity contribution in [2.75, 3.05) is 5.32 Å². The Morgan fingerprint density at radius 1 is 1.18 bits per heavy atom. The molecular formula is C13H17N3S. The molecule has 3 nitrogen and oxygen atoms in total. The second kappa shape index (κ2) is 5.77. The summed E-state index contributed by atoms with van der Waals surface area (Å²) in [6, 6.07) is 8.11. The summed E-state index contributed by atoms with van der Waals surface area (Å²) < 4.78 is 0. The van der Waals surface area contributed by atoms with Crippen LogP contribution < -0.4 is 10.7 Å². The zero-order valence-electron chi connectivity index (χ0n) is 9.99. The fourth-order valence-corrected chi connectivity index (χ4v) is 1.98. The van der Waals surface area contributed by atoms with E-state index in [1.807, 2.05) is 24.3 Å². The third-order valence-electron chi connectivity index (χ3n) is 2.81. The van der Waals surface area contributed by atoms with E-state index in [2.05, 4.69) is 22.8 Å². The Kier molecular flexibility index (Phi) is 4.09. The normalized spacial score (nSPS) is 14.5. The molecule has 0 aliphatic heterocycles. The molecular weight excluding hydrogens is 230 g/mol. The molecule has 0 bridgehead atoms. The average molecular weight is 247 g/mol. The molecule has 0 amide bonds. The highest BCUT2D eigenvalue weighted by atomic mass is 32.1. The predicted octanol–water partition coefficient (Wildman–Crippen LogP) is 3.21. The molecule has 1 aliphatic rings. The van der Waals surface area contributed by atoms with Crippen LogP contribution in [0.3, 0.4) is 0 Å². The van der Waals surface area contributed by atoms with E-state index in [-0.39, 0.29) is 0 Å². The van der Waals surface area contributed by atoms with E-state index < -0.39 is 0 Å². The van der Waals surface area contributed by atoms with Crippen molar-refractivity contribution in [3.63, 3.8) is 0 Å². The first kappa shape index (κ1) is 12.0. The van der Waals surface area contributed by atoms with Crippen molar-refractivity contribution >= 4 is 28.7 Å². The van der Waals surface area contributed by atoms with Crippen LogP contribution in [0.1, 0.15) is 31.2 Å². The van der Waals surface area contributed by atoms with Gasteiger partial charge in [-0.15, -0.1) is 0 Å². The summed E-state index contributed by atoms with van der Waals surface area (Å²) in [5.74, 6) is 0. The van der Waals surface area contributed by atoms with E-state index in [1.54, 1.807) is 0 Å². The van der Waals surface area contributed by atoms with Crippen LogP contribution in [0, 0.1) is 6.92 Å². The van der Waals surface area contributed by atoms with Crippen LogP contribution in [-0.2, 0) is 0 Å². The van der Waals surface area contributed by atoms with E-state index in [4.69, 9.17) is 12.2 Å². The molecule has 90 valence electrons. The van der Waals surface area contributed by atoms with Gasteiger partial charge in [0.2, 0.25) is 0 Å². The smallest absolute Gasteiger partial charge is 0.191 e. The summed E-state index contributed by atoms with van der Waals surface area (Å²) in [6.45, 7) is 2.06. The Labute approximate surface area is 107 Å². The van der Waals surface area contributed by atoms with Gasteiger partial charge in [-0.1, -0.05) is 17.7 Å². The summed E-state index contributed by atoms with van der Waals surface area (Å²) >= 11 is 5.17. The number of aryl methyl sites for hydroxylation is 1. The topological polar surface area (TPSA) is 36.4 Å². The van der Waals surface area contributed by atoms with Crippen molar-refractivity contribution in [3.8, 4) is 0 Å². The molecule has 0 heterocycles. The van der Waals surface area contributed by atoms with Gasteiger partial charge in [-0.2, -0.15) is 5.10 Å². The standard InChI is InChI=1S/C13H17N3S/c1-10-6-8-11(9-7-10)14-13(17)16-15-12-4-2-3-5-12/h6-9H,2-5H2,1H3,(H2,14,16,17). The number of anilines is 1. The Hall–Kier alpha value is -1.42. The van der Waals surface area contributed by atoms with Gasteiger partial charge in [0.1, 0.15) is 0 Å². The molecule has 0 unspecified atom stereocenters. The van der Waals surface area contributed by atoms with Gasteiger partial charge >= 0.3 is 0 Å². The second-order valence-corrected chi connectivity index (χ2v) is 4.73. The van der Waals surface area contributed by atoms with Crippen LogP contribution in [-0.4, -0.2) is 10.8 Å². The maximum absolute atomic E-state index is 5.17. The molecule has 0 atom stereocenters. The van der Waals surface area contributed by atoms with Gasteiger partial charge in [-0.25, -0.2) is 0 Å². The number of rotatable bonds is 2. The highest BCUT2D eigenvalue weighted by Gasteiger charge is 2.07. The van der Waals surface area contributed by atoms with Crippen molar-refractivity contribution in [1.82, 2.24) is 5.43 Å². The maximum Gasteiger partial charge on any atom is 0.191 e. The van der Waals surface area contributed by atoms with E-state index in [0.29, 0.717) is 5.11 Å². The minimum atomic E-state index is 0.549. The minimum Gasteiger partial charge on any atom is -0.331 e. The zero-order chi connectivity index (χ0) is 12.1. The molecule has 1 saturated carbocycles. The van der Waals surface area contributed by atoms with Crippen LogP contribution in [0.4, 0.5) is 5.69 Å². The molecule has 0 spiro atoms. The Morgan fingerprint density at radius 3 is 2.47 bits per heavy atom. The number of benzene rings is 1. The van der Waals surface area contributed by atoms with Gasteiger partial charge in [0, 0.05) is 11.4 Å². The lowest BCUT2D eigenvalue weighted by molar-refractivity contribution is 0.886. The maximum atomic E-state index is 5.17. The largest absolute Gasteiger partial charge is 0.331 e. The predicted molar refractivity (Wildman–Crippen MR) is 76.4 cm³/mol. The minimum absolute atomic E-state index is 0.549. The third kappa shape index (κ3) is 3.82. The third-order valence-corrected chi connectivity index (χ3v) is 3.00. The van der Waals surface area contributed by atoms with Crippen molar-refractivity contribution < 1.29 is 0 Å². The molecule has 4 heteroatoms. The summed E-state index contributed by atoms with van der Waals surface area (Å²) in [5, 5.41) is 7.96. The lowest BCUT2D eigenvalue weighted by Gasteiger charge is -2.07. The number of hydrogen-bond acceptors (Lipinski definition) is 2. The van der Waals surface area contributed by atoms with E-state index in [1.165, 1.54) is 24.1 Å². The van der Waals surface area contributed by atoms with Gasteiger partial charge < -0.3 is 5.32 Å². The SMILES string of the molecule is Cc1ccc(NC(=S)NN=C2CCCC2)cc1. The van der Waals surface area contributed by atoms with Crippen LogP contribution >= 0.6 is 12.2 Å². The fourth-order valence-electron chi connectivity index (χ4n) is 1.82. The van der Waals surface area contributed by atoms with Crippen LogP contribution in [0.2, 0.25) is 0 Å². The lowest BCUT2D eigenvalue weighted by Crippen LogP contribution is -2.24. The van der Waals surface area contributed by atoms with Crippen molar-refractivity contribution in [1.29, 1.82) is 0 Å². The highest BCUT2D eigenvalue weighted by molar-refractivity contribution is 7.80. The van der Waals surface area contributed by atoms with Crippen LogP contribution in [0.25, 0.3) is 0 Å². The van der Waals surface area contributed by atoms with Crippen LogP contribution in [0.5, 0.6) is 0 Å². The Morgan fingerprint density at radius 2 is 1.82 bits per heavy atom. The molecule has 1 aliphatic carbocycles. The van der Waals surface area contributed by atoms with E-state index in [0.717, 1.165) is 18.5 Å². The van der Waals surface area contributed by atoms with Gasteiger partial charge in [0.25, 0.3) is 0 Å². The summed E-state index contributed by atoms with van der Waals surface area (Å²) in [5.41, 5.74) is 6.34. The lowest BCUT2D eigenvalue weighted by atomic mass is 10.2. The second-order valence-electron chi connectivity index (χ2n) is 4.32. The zero-order valence-corrected chi connectivity index (χ0v) is 10.8. The molecule has 0 aromatic heterocycles. The number of thiocarbonyl (C=S) groups is 1. The van der Waals surface area contributed by atoms with E-state index >= 15 is 0 Å². The fraction of sp³-hybridized carbons (Fsp3) is 0.385. The molecule has 1 aromatic carbocycles. The Bertz CT molecular complexity index is 415. The first-order chi connectivity index (χ1) is 8.24. The quantitative estimate of drug-likeness (QED) is 0.622. The van der Waals surface area contributed by atoms with Gasteiger partial charge in [0.05, 0.1) is 0 Å². The molecule has 0 saturated heterocycles. The van der Waals surface area contributed by atoms with Gasteiger partial charge in [-0.05, 0) is 57.0 Å². The summed E-state index contributed by atoms with van der Waals surface area (Å²) in [6.07, 6.45) is 4.69. The van der Waals surface area contributed by atoms with Crippen molar-refractivity contribution in [3.05, 3.63) is 29.8 Å². The molecule has 2 N–H and O–H groups in total. The molecule has 0 radical (unpaired) electrons. The number of nitrogens with zero attached hydrogens (tertiary/aromatic N) is 1. The first-order valence-corrected chi connectivity index (χ1v) is 6.34. The van der Waals surface area contributed by atoms with Gasteiger partial charge in [-0.3, -0.25) is 5.43 Å². The van der Waals surface area contributed by atoms with E-state index in [9.17, 15) is 0 Å².